The average molecular weight is 148 g/mol. The van der Waals surface area contributed by atoms with Crippen LogP contribution in [-0.2, 0) is 0 Å². The monoisotopic (exact) mass is 148 g/mol. The van der Waals surface area contributed by atoms with Gasteiger partial charge in [-0.3, -0.25) is 0 Å². The number of fused-ring (bicyclic) bond motifs is 1. The first kappa shape index (κ1) is 6.15. The molecule has 4 nitrogen and oxygen atoms in total. The van der Waals surface area contributed by atoms with Crippen LogP contribution in [0, 0.1) is 6.92 Å². The van der Waals surface area contributed by atoms with Crippen molar-refractivity contribution < 1.29 is 0 Å². The van der Waals surface area contributed by atoms with Crippen molar-refractivity contribution >= 4 is 11.3 Å². The third-order valence-corrected chi connectivity index (χ3v) is 1.46. The number of nitrogens with zero attached hydrogens (tertiary/aromatic N) is 3. The summed E-state index contributed by atoms with van der Waals surface area (Å²) in [7, 11) is 0. The maximum absolute atomic E-state index is 5.54. The minimum atomic E-state index is 0.697. The van der Waals surface area contributed by atoms with Crippen molar-refractivity contribution in [1.29, 1.82) is 0 Å². The van der Waals surface area contributed by atoms with E-state index in [1.165, 1.54) is 0 Å². The van der Waals surface area contributed by atoms with Gasteiger partial charge in [-0.15, -0.1) is 0 Å². The molecule has 0 saturated heterocycles. The highest BCUT2D eigenvalue weighted by atomic mass is 15.3. The summed E-state index contributed by atoms with van der Waals surface area (Å²) in [5, 5.41) is 4.10. The van der Waals surface area contributed by atoms with Crippen LogP contribution in [-0.4, -0.2) is 14.6 Å². The average Bonchev–Trinajstić information content (AvgIpc) is 2.27. The Balaban J connectivity index is 2.82. The van der Waals surface area contributed by atoms with Crippen molar-refractivity contribution in [2.75, 3.05) is 5.73 Å². The van der Waals surface area contributed by atoms with Gasteiger partial charge in [-0.05, 0) is 19.1 Å². The van der Waals surface area contributed by atoms with Gasteiger partial charge >= 0.3 is 0 Å². The van der Waals surface area contributed by atoms with E-state index in [0.29, 0.717) is 5.69 Å². The molecule has 2 heterocycles. The van der Waals surface area contributed by atoms with Gasteiger partial charge in [0, 0.05) is 0 Å². The minimum absolute atomic E-state index is 0.697. The molecule has 2 aromatic heterocycles. The summed E-state index contributed by atoms with van der Waals surface area (Å²) in [6.07, 6.45) is 1.75. The van der Waals surface area contributed by atoms with Crippen LogP contribution in [0.2, 0.25) is 0 Å². The summed E-state index contributed by atoms with van der Waals surface area (Å²) < 4.78 is 1.67. The Morgan fingerprint density at radius 3 is 3.09 bits per heavy atom. The first-order valence-corrected chi connectivity index (χ1v) is 3.34. The van der Waals surface area contributed by atoms with Gasteiger partial charge in [0.2, 0.25) is 0 Å². The van der Waals surface area contributed by atoms with E-state index in [2.05, 4.69) is 10.1 Å². The Morgan fingerprint density at radius 2 is 2.27 bits per heavy atom. The Hall–Kier alpha value is -1.58. The standard InChI is InChI=1S/C7H8N4/c1-5-9-7-3-2-6(8)4-11(7)10-5/h2-4H,8H2,1H3. The Morgan fingerprint density at radius 1 is 1.45 bits per heavy atom. The summed E-state index contributed by atoms with van der Waals surface area (Å²) in [6, 6.07) is 3.65. The molecule has 0 spiro atoms. The summed E-state index contributed by atoms with van der Waals surface area (Å²) >= 11 is 0. The number of aryl methyl sites for hydroxylation is 1. The van der Waals surface area contributed by atoms with Crippen molar-refractivity contribution in [3.63, 3.8) is 0 Å². The zero-order valence-corrected chi connectivity index (χ0v) is 6.15. The summed E-state index contributed by atoms with van der Waals surface area (Å²) in [4.78, 5) is 4.15. The molecule has 2 rings (SSSR count). The lowest BCUT2D eigenvalue weighted by atomic mass is 10.4. The van der Waals surface area contributed by atoms with E-state index in [9.17, 15) is 0 Å². The fraction of sp³-hybridized carbons (Fsp3) is 0.143. The predicted molar refractivity (Wildman–Crippen MR) is 42.1 cm³/mol. The number of hydrogen-bond donors (Lipinski definition) is 1. The van der Waals surface area contributed by atoms with E-state index < -0.39 is 0 Å². The zero-order valence-electron chi connectivity index (χ0n) is 6.15. The lowest BCUT2D eigenvalue weighted by molar-refractivity contribution is 0.932. The zero-order chi connectivity index (χ0) is 7.84. The fourth-order valence-electron chi connectivity index (χ4n) is 1.01. The van der Waals surface area contributed by atoms with Crippen LogP contribution < -0.4 is 5.73 Å². The normalized spacial score (nSPS) is 10.6. The minimum Gasteiger partial charge on any atom is -0.397 e. The highest BCUT2D eigenvalue weighted by Crippen LogP contribution is 2.04. The molecular formula is C7H8N4. The topological polar surface area (TPSA) is 56.2 Å². The number of aromatic nitrogens is 3. The molecule has 0 atom stereocenters. The SMILES string of the molecule is Cc1nc2ccc(N)cn2n1. The van der Waals surface area contributed by atoms with E-state index in [4.69, 9.17) is 5.73 Å². The van der Waals surface area contributed by atoms with Crippen LogP contribution in [0.15, 0.2) is 18.3 Å². The molecule has 0 amide bonds. The fourth-order valence-corrected chi connectivity index (χ4v) is 1.01. The van der Waals surface area contributed by atoms with Gasteiger partial charge in [0.1, 0.15) is 5.82 Å². The maximum atomic E-state index is 5.54. The molecular weight excluding hydrogens is 140 g/mol. The van der Waals surface area contributed by atoms with Crippen molar-refractivity contribution in [2.45, 2.75) is 6.92 Å². The third kappa shape index (κ3) is 0.920. The van der Waals surface area contributed by atoms with Crippen LogP contribution >= 0.6 is 0 Å². The van der Waals surface area contributed by atoms with Crippen LogP contribution in [0.1, 0.15) is 5.82 Å². The molecule has 2 aromatic rings. The summed E-state index contributed by atoms with van der Waals surface area (Å²) in [5.74, 6) is 0.760. The molecule has 0 aliphatic rings. The third-order valence-electron chi connectivity index (χ3n) is 1.46. The Bertz CT molecular complexity index is 390. The second-order valence-corrected chi connectivity index (χ2v) is 2.42. The van der Waals surface area contributed by atoms with E-state index in [1.54, 1.807) is 10.7 Å². The number of nitrogen functional groups attached to an aromatic ring is 1. The van der Waals surface area contributed by atoms with Gasteiger partial charge in [0.25, 0.3) is 0 Å². The summed E-state index contributed by atoms with van der Waals surface area (Å²) in [6.45, 7) is 1.85. The van der Waals surface area contributed by atoms with Gasteiger partial charge < -0.3 is 5.73 Å². The Labute approximate surface area is 63.7 Å². The van der Waals surface area contributed by atoms with Crippen molar-refractivity contribution in [2.24, 2.45) is 0 Å². The molecule has 0 aromatic carbocycles. The first-order valence-electron chi connectivity index (χ1n) is 3.34. The number of anilines is 1. The smallest absolute Gasteiger partial charge is 0.155 e. The van der Waals surface area contributed by atoms with E-state index in [1.807, 2.05) is 19.1 Å². The quantitative estimate of drug-likeness (QED) is 0.595. The van der Waals surface area contributed by atoms with Crippen LogP contribution in [0.3, 0.4) is 0 Å². The van der Waals surface area contributed by atoms with E-state index in [-0.39, 0.29) is 0 Å². The molecule has 11 heavy (non-hydrogen) atoms. The molecule has 0 radical (unpaired) electrons. The summed E-state index contributed by atoms with van der Waals surface area (Å²) in [5.41, 5.74) is 7.07. The van der Waals surface area contributed by atoms with Gasteiger partial charge in [0.05, 0.1) is 11.9 Å². The van der Waals surface area contributed by atoms with Crippen LogP contribution in [0.25, 0.3) is 5.65 Å². The number of hydrogen-bond acceptors (Lipinski definition) is 3. The number of pyridine rings is 1. The van der Waals surface area contributed by atoms with Gasteiger partial charge in [-0.25, -0.2) is 9.50 Å². The van der Waals surface area contributed by atoms with E-state index >= 15 is 0 Å². The second-order valence-electron chi connectivity index (χ2n) is 2.42. The molecule has 0 bridgehead atoms. The number of nitrogens with two attached hydrogens (primary N) is 1. The van der Waals surface area contributed by atoms with Crippen molar-refractivity contribution in [3.05, 3.63) is 24.2 Å². The molecule has 4 heteroatoms. The predicted octanol–water partition coefficient (Wildman–Crippen LogP) is 0.620. The molecule has 0 unspecified atom stereocenters. The first-order chi connectivity index (χ1) is 5.25. The second kappa shape index (κ2) is 1.95. The molecule has 0 saturated carbocycles. The molecule has 56 valence electrons. The molecule has 2 N–H and O–H groups in total. The lowest BCUT2D eigenvalue weighted by Crippen LogP contribution is -1.91. The van der Waals surface area contributed by atoms with Gasteiger partial charge in [0.15, 0.2) is 5.65 Å². The highest BCUT2D eigenvalue weighted by molar-refractivity contribution is 5.46. The largest absolute Gasteiger partial charge is 0.397 e. The van der Waals surface area contributed by atoms with E-state index in [0.717, 1.165) is 11.5 Å². The lowest BCUT2D eigenvalue weighted by Gasteiger charge is -1.91. The highest BCUT2D eigenvalue weighted by Gasteiger charge is 1.96. The van der Waals surface area contributed by atoms with Crippen LogP contribution in [0.4, 0.5) is 5.69 Å². The van der Waals surface area contributed by atoms with Crippen molar-refractivity contribution in [1.82, 2.24) is 14.6 Å². The van der Waals surface area contributed by atoms with Gasteiger partial charge in [-0.1, -0.05) is 0 Å². The Kier molecular flexibility index (Phi) is 1.09. The van der Waals surface area contributed by atoms with Gasteiger partial charge in [-0.2, -0.15) is 5.10 Å². The van der Waals surface area contributed by atoms with Crippen LogP contribution in [0.5, 0.6) is 0 Å². The maximum Gasteiger partial charge on any atom is 0.155 e. The van der Waals surface area contributed by atoms with Crippen molar-refractivity contribution in [3.8, 4) is 0 Å². The molecule has 0 aliphatic carbocycles. The molecule has 0 aliphatic heterocycles. The number of rotatable bonds is 0. The molecule has 0 fully saturated rings.